The van der Waals surface area contributed by atoms with Gasteiger partial charge in [0.15, 0.2) is 6.20 Å². The first-order valence-electron chi connectivity index (χ1n) is 8.86. The van der Waals surface area contributed by atoms with Crippen LogP contribution >= 0.6 is 0 Å². The molecule has 2 aromatic carbocycles. The molecule has 0 aliphatic heterocycles. The Labute approximate surface area is 153 Å². The van der Waals surface area contributed by atoms with Gasteiger partial charge in [0.25, 0.3) is 0 Å². The van der Waals surface area contributed by atoms with Crippen LogP contribution in [0.2, 0.25) is 0 Å². The molecule has 0 bridgehead atoms. The van der Waals surface area contributed by atoms with Gasteiger partial charge in [-0.1, -0.05) is 26.0 Å². The van der Waals surface area contributed by atoms with Crippen molar-refractivity contribution in [1.29, 1.82) is 5.26 Å². The van der Waals surface area contributed by atoms with Crippen LogP contribution in [0.3, 0.4) is 0 Å². The molecule has 2 aromatic heterocycles. The molecule has 2 heterocycles. The molecule has 0 aliphatic carbocycles. The maximum absolute atomic E-state index is 9.57. The number of fused-ring (bicyclic) bond motifs is 3. The largest absolute Gasteiger partial charge is 0.455 e. The third kappa shape index (κ3) is 2.38. The van der Waals surface area contributed by atoms with Crippen LogP contribution in [0.1, 0.15) is 36.5 Å². The van der Waals surface area contributed by atoms with Gasteiger partial charge in [0.05, 0.1) is 17.2 Å². The van der Waals surface area contributed by atoms with Crippen LogP contribution in [-0.2, 0) is 7.05 Å². The van der Waals surface area contributed by atoms with E-state index in [1.807, 2.05) is 37.5 Å². The highest BCUT2D eigenvalue weighted by atomic mass is 16.3. The zero-order valence-corrected chi connectivity index (χ0v) is 15.5. The van der Waals surface area contributed by atoms with Crippen molar-refractivity contribution in [3.05, 3.63) is 65.4 Å². The molecule has 4 aromatic rings. The predicted octanol–water partition coefficient (Wildman–Crippen LogP) is 5.38. The zero-order chi connectivity index (χ0) is 18.4. The zero-order valence-electron chi connectivity index (χ0n) is 15.5. The van der Waals surface area contributed by atoms with Crippen molar-refractivity contribution in [2.75, 3.05) is 0 Å². The highest BCUT2D eigenvalue weighted by Gasteiger charge is 2.21. The molecule has 0 amide bonds. The van der Waals surface area contributed by atoms with Crippen LogP contribution < -0.4 is 4.57 Å². The second kappa shape index (κ2) is 6.00. The fraction of sp³-hybridized carbons (Fsp3) is 0.217. The number of nitrogens with zero attached hydrogens (tertiary/aromatic N) is 2. The van der Waals surface area contributed by atoms with Crippen molar-refractivity contribution >= 4 is 21.9 Å². The minimum atomic E-state index is 0.274. The number of furan rings is 1. The van der Waals surface area contributed by atoms with Gasteiger partial charge in [-0.3, -0.25) is 0 Å². The first kappa shape index (κ1) is 16.4. The van der Waals surface area contributed by atoms with Gasteiger partial charge in [-0.25, -0.2) is 4.57 Å². The van der Waals surface area contributed by atoms with E-state index < -0.39 is 0 Å². The van der Waals surface area contributed by atoms with Crippen molar-refractivity contribution in [3.8, 4) is 17.3 Å². The molecular weight excluding hydrogens is 320 g/mol. The van der Waals surface area contributed by atoms with E-state index in [1.54, 1.807) is 0 Å². The normalized spacial score (nSPS) is 11.4. The van der Waals surface area contributed by atoms with E-state index in [0.29, 0.717) is 0 Å². The van der Waals surface area contributed by atoms with Crippen LogP contribution in [-0.4, -0.2) is 0 Å². The number of hydrogen-bond acceptors (Lipinski definition) is 2. The fourth-order valence-corrected chi connectivity index (χ4v) is 3.68. The summed E-state index contributed by atoms with van der Waals surface area (Å²) >= 11 is 0. The van der Waals surface area contributed by atoms with E-state index in [2.05, 4.69) is 49.6 Å². The number of nitriles is 1. The van der Waals surface area contributed by atoms with Gasteiger partial charge in [-0.2, -0.15) is 5.26 Å². The lowest BCUT2D eigenvalue weighted by Crippen LogP contribution is -2.30. The van der Waals surface area contributed by atoms with Gasteiger partial charge in [0, 0.05) is 22.9 Å². The van der Waals surface area contributed by atoms with Gasteiger partial charge in [-0.05, 0) is 42.2 Å². The highest BCUT2D eigenvalue weighted by molar-refractivity contribution is 6.10. The van der Waals surface area contributed by atoms with E-state index >= 15 is 0 Å². The summed E-state index contributed by atoms with van der Waals surface area (Å²) in [5, 5.41) is 11.6. The SMILES string of the molecule is Cc1ccc2c(oc3cc(C(C)C)c(C#N)cc32)c1-c1cccc[n+]1C. The minimum absolute atomic E-state index is 0.274. The lowest BCUT2D eigenvalue weighted by Gasteiger charge is -2.07. The number of hydrogen-bond donors (Lipinski definition) is 0. The Morgan fingerprint density at radius 3 is 2.58 bits per heavy atom. The molecule has 0 unspecified atom stereocenters. The summed E-state index contributed by atoms with van der Waals surface area (Å²) in [6.45, 7) is 6.31. The quantitative estimate of drug-likeness (QED) is 0.459. The molecule has 26 heavy (non-hydrogen) atoms. The van der Waals surface area contributed by atoms with Crippen LogP contribution in [0.5, 0.6) is 0 Å². The molecule has 0 aliphatic rings. The van der Waals surface area contributed by atoms with Crippen LogP contribution in [0.15, 0.2) is 53.1 Å². The van der Waals surface area contributed by atoms with Crippen LogP contribution in [0, 0.1) is 18.3 Å². The maximum Gasteiger partial charge on any atom is 0.216 e. The molecule has 0 saturated heterocycles. The summed E-state index contributed by atoms with van der Waals surface area (Å²) in [5.74, 6) is 0.274. The van der Waals surface area contributed by atoms with E-state index in [9.17, 15) is 5.26 Å². The summed E-state index contributed by atoms with van der Waals surface area (Å²) < 4.78 is 8.45. The average Bonchev–Trinajstić information content (AvgIpc) is 2.98. The van der Waals surface area contributed by atoms with Crippen molar-refractivity contribution in [2.24, 2.45) is 7.05 Å². The van der Waals surface area contributed by atoms with Crippen LogP contribution in [0.25, 0.3) is 33.2 Å². The van der Waals surface area contributed by atoms with Crippen molar-refractivity contribution in [1.82, 2.24) is 0 Å². The second-order valence-corrected chi connectivity index (χ2v) is 7.14. The molecular formula is C23H21N2O+. The van der Waals surface area contributed by atoms with E-state index in [1.165, 1.54) is 5.56 Å². The topological polar surface area (TPSA) is 40.8 Å². The summed E-state index contributed by atoms with van der Waals surface area (Å²) in [4.78, 5) is 0. The number of aromatic nitrogens is 1. The third-order valence-corrected chi connectivity index (χ3v) is 5.07. The molecule has 0 radical (unpaired) electrons. The van der Waals surface area contributed by atoms with Gasteiger partial charge < -0.3 is 4.42 Å². The number of benzene rings is 2. The van der Waals surface area contributed by atoms with Crippen molar-refractivity contribution in [2.45, 2.75) is 26.7 Å². The Kier molecular flexibility index (Phi) is 3.77. The average molecular weight is 341 g/mol. The molecule has 0 saturated carbocycles. The van der Waals surface area contributed by atoms with E-state index in [4.69, 9.17) is 4.42 Å². The molecule has 128 valence electrons. The van der Waals surface area contributed by atoms with Gasteiger partial charge in [-0.15, -0.1) is 0 Å². The standard InChI is InChI=1S/C23H21N2O/c1-14(2)18-12-21-19(11-16(18)13-24)17-9-8-15(3)22(23(17)26-21)20-7-5-6-10-25(20)4/h5-12,14H,1-4H3/q+1. The molecule has 0 N–H and O–H groups in total. The third-order valence-electron chi connectivity index (χ3n) is 5.07. The molecule has 0 spiro atoms. The van der Waals surface area contributed by atoms with E-state index in [-0.39, 0.29) is 5.92 Å². The Morgan fingerprint density at radius 1 is 1.08 bits per heavy atom. The van der Waals surface area contributed by atoms with Crippen molar-refractivity contribution in [3.63, 3.8) is 0 Å². The Balaban J connectivity index is 2.13. The Bertz CT molecular complexity index is 1190. The molecule has 0 fully saturated rings. The number of aryl methyl sites for hydroxylation is 2. The van der Waals surface area contributed by atoms with E-state index in [0.717, 1.165) is 44.3 Å². The van der Waals surface area contributed by atoms with Crippen molar-refractivity contribution < 1.29 is 8.98 Å². The molecule has 0 atom stereocenters. The van der Waals surface area contributed by atoms with Gasteiger partial charge >= 0.3 is 0 Å². The summed E-state index contributed by atoms with van der Waals surface area (Å²) in [6, 6.07) is 16.7. The summed E-state index contributed by atoms with van der Waals surface area (Å²) in [7, 11) is 2.04. The fourth-order valence-electron chi connectivity index (χ4n) is 3.68. The molecule has 3 heteroatoms. The number of pyridine rings is 1. The van der Waals surface area contributed by atoms with Gasteiger partial charge in [0.1, 0.15) is 18.2 Å². The first-order valence-corrected chi connectivity index (χ1v) is 8.86. The first-order chi connectivity index (χ1) is 12.5. The summed E-state index contributed by atoms with van der Waals surface area (Å²) in [6.07, 6.45) is 2.04. The second-order valence-electron chi connectivity index (χ2n) is 7.14. The van der Waals surface area contributed by atoms with Crippen LogP contribution in [0.4, 0.5) is 0 Å². The predicted molar refractivity (Wildman–Crippen MR) is 104 cm³/mol. The summed E-state index contributed by atoms with van der Waals surface area (Å²) in [5.41, 5.74) is 6.86. The lowest BCUT2D eigenvalue weighted by atomic mass is 9.95. The Morgan fingerprint density at radius 2 is 1.88 bits per heavy atom. The monoisotopic (exact) mass is 341 g/mol. The number of rotatable bonds is 2. The maximum atomic E-state index is 9.57. The molecule has 4 rings (SSSR count). The highest BCUT2D eigenvalue weighted by Crippen LogP contribution is 2.38. The smallest absolute Gasteiger partial charge is 0.216 e. The van der Waals surface area contributed by atoms with Gasteiger partial charge in [0.2, 0.25) is 5.69 Å². The Hall–Kier alpha value is -3.12. The molecule has 3 nitrogen and oxygen atoms in total. The lowest BCUT2D eigenvalue weighted by molar-refractivity contribution is -0.660. The minimum Gasteiger partial charge on any atom is -0.455 e.